The van der Waals surface area contributed by atoms with Gasteiger partial charge in [0.2, 0.25) is 10.0 Å². The van der Waals surface area contributed by atoms with Gasteiger partial charge in [0.15, 0.2) is 0 Å². The second-order valence-electron chi connectivity index (χ2n) is 7.44. The molecule has 4 rings (SSSR count). The number of halogens is 3. The normalized spacial score (nSPS) is 14.8. The van der Waals surface area contributed by atoms with E-state index in [2.05, 4.69) is 5.32 Å². The number of hydrogen-bond acceptors (Lipinski definition) is 4. The SMILES string of the molecule is O=C(Nc1ccc(S(=O)(=O)N2CCN(c3ccc(F)cc3)CC2)cc1F)c1ccccc1Cl. The highest BCUT2D eigenvalue weighted by Gasteiger charge is 2.29. The van der Waals surface area contributed by atoms with Crippen LogP contribution in [0.3, 0.4) is 0 Å². The number of benzene rings is 3. The number of piperazine rings is 1. The second-order valence-corrected chi connectivity index (χ2v) is 9.79. The third-order valence-electron chi connectivity index (χ3n) is 5.38. The van der Waals surface area contributed by atoms with Crippen LogP contribution in [0.2, 0.25) is 5.02 Å². The molecule has 1 aliphatic rings. The molecule has 1 heterocycles. The minimum atomic E-state index is -3.93. The summed E-state index contributed by atoms with van der Waals surface area (Å²) in [6.07, 6.45) is 0. The molecule has 1 N–H and O–H groups in total. The Balaban J connectivity index is 1.45. The molecule has 3 aromatic rings. The average Bonchev–Trinajstić information content (AvgIpc) is 2.81. The lowest BCUT2D eigenvalue weighted by Gasteiger charge is -2.35. The highest BCUT2D eigenvalue weighted by molar-refractivity contribution is 7.89. The molecule has 10 heteroatoms. The molecule has 0 radical (unpaired) electrons. The molecule has 0 spiro atoms. The van der Waals surface area contributed by atoms with E-state index in [1.54, 1.807) is 30.3 Å². The Labute approximate surface area is 195 Å². The fourth-order valence-electron chi connectivity index (χ4n) is 3.58. The number of nitrogens with zero attached hydrogens (tertiary/aromatic N) is 2. The Hall–Kier alpha value is -3.01. The molecule has 0 bridgehead atoms. The molecule has 0 aromatic heterocycles. The summed E-state index contributed by atoms with van der Waals surface area (Å²) in [5.74, 6) is -1.82. The summed E-state index contributed by atoms with van der Waals surface area (Å²) in [6, 6.07) is 15.7. The van der Waals surface area contributed by atoms with E-state index < -0.39 is 21.7 Å². The van der Waals surface area contributed by atoms with Crippen LogP contribution in [0, 0.1) is 11.6 Å². The minimum Gasteiger partial charge on any atom is -0.369 e. The number of hydrogen-bond donors (Lipinski definition) is 1. The molecular weight excluding hydrogens is 472 g/mol. The van der Waals surface area contributed by atoms with Crippen LogP contribution in [0.25, 0.3) is 0 Å². The highest BCUT2D eigenvalue weighted by Crippen LogP contribution is 2.25. The zero-order valence-electron chi connectivity index (χ0n) is 17.3. The van der Waals surface area contributed by atoms with E-state index in [9.17, 15) is 22.0 Å². The number of carbonyl (C=O) groups is 1. The maximum Gasteiger partial charge on any atom is 0.257 e. The lowest BCUT2D eigenvalue weighted by molar-refractivity contribution is 0.102. The van der Waals surface area contributed by atoms with E-state index in [0.29, 0.717) is 13.1 Å². The van der Waals surface area contributed by atoms with E-state index in [-0.39, 0.29) is 40.1 Å². The molecule has 0 saturated carbocycles. The molecule has 33 heavy (non-hydrogen) atoms. The van der Waals surface area contributed by atoms with E-state index in [1.165, 1.54) is 34.6 Å². The largest absolute Gasteiger partial charge is 0.369 e. The lowest BCUT2D eigenvalue weighted by atomic mass is 10.2. The Morgan fingerprint density at radius 1 is 0.909 bits per heavy atom. The van der Waals surface area contributed by atoms with Crippen LogP contribution in [0.1, 0.15) is 10.4 Å². The van der Waals surface area contributed by atoms with Crippen LogP contribution in [-0.4, -0.2) is 44.8 Å². The molecule has 1 aliphatic heterocycles. The van der Waals surface area contributed by atoms with Crippen LogP contribution >= 0.6 is 11.6 Å². The zero-order chi connectivity index (χ0) is 23.6. The topological polar surface area (TPSA) is 69.7 Å². The van der Waals surface area contributed by atoms with Gasteiger partial charge in [-0.2, -0.15) is 4.31 Å². The van der Waals surface area contributed by atoms with Gasteiger partial charge in [-0.3, -0.25) is 4.79 Å². The number of amides is 1. The number of rotatable bonds is 5. The average molecular weight is 492 g/mol. The van der Waals surface area contributed by atoms with Crippen LogP contribution < -0.4 is 10.2 Å². The number of anilines is 2. The summed E-state index contributed by atoms with van der Waals surface area (Å²) in [5, 5.41) is 2.63. The Kier molecular flexibility index (Phi) is 6.64. The van der Waals surface area contributed by atoms with Crippen LogP contribution in [0.4, 0.5) is 20.2 Å². The standard InChI is InChI=1S/C23H20ClF2N3O3S/c24-20-4-2-1-3-19(20)23(30)27-22-10-9-18(15-21(22)26)33(31,32)29-13-11-28(12-14-29)17-7-5-16(25)6-8-17/h1-10,15H,11-14H2,(H,27,30). The van der Waals surface area contributed by atoms with Crippen molar-refractivity contribution in [1.29, 1.82) is 0 Å². The van der Waals surface area contributed by atoms with E-state index in [1.807, 2.05) is 4.90 Å². The molecule has 6 nitrogen and oxygen atoms in total. The Morgan fingerprint density at radius 3 is 2.21 bits per heavy atom. The molecular formula is C23H20ClF2N3O3S. The van der Waals surface area contributed by atoms with Crippen molar-refractivity contribution in [2.75, 3.05) is 36.4 Å². The first-order chi connectivity index (χ1) is 15.8. The van der Waals surface area contributed by atoms with Gasteiger partial charge in [0, 0.05) is 31.9 Å². The van der Waals surface area contributed by atoms with Crippen molar-refractivity contribution in [3.63, 3.8) is 0 Å². The molecule has 3 aromatic carbocycles. The smallest absolute Gasteiger partial charge is 0.257 e. The van der Waals surface area contributed by atoms with Crippen molar-refractivity contribution in [3.8, 4) is 0 Å². The third kappa shape index (κ3) is 5.00. The van der Waals surface area contributed by atoms with Gasteiger partial charge < -0.3 is 10.2 Å². The second kappa shape index (κ2) is 9.46. The van der Waals surface area contributed by atoms with Gasteiger partial charge in [-0.1, -0.05) is 23.7 Å². The van der Waals surface area contributed by atoms with Gasteiger partial charge in [0.25, 0.3) is 5.91 Å². The monoisotopic (exact) mass is 491 g/mol. The summed E-state index contributed by atoms with van der Waals surface area (Å²) in [5.41, 5.74) is 0.826. The van der Waals surface area contributed by atoms with Crippen LogP contribution in [-0.2, 0) is 10.0 Å². The van der Waals surface area contributed by atoms with E-state index >= 15 is 0 Å². The van der Waals surface area contributed by atoms with Gasteiger partial charge in [-0.05, 0) is 54.6 Å². The number of carbonyl (C=O) groups excluding carboxylic acids is 1. The molecule has 1 saturated heterocycles. The zero-order valence-corrected chi connectivity index (χ0v) is 18.9. The quantitative estimate of drug-likeness (QED) is 0.575. The molecule has 0 unspecified atom stereocenters. The Morgan fingerprint density at radius 2 is 1.58 bits per heavy atom. The maximum absolute atomic E-state index is 14.7. The molecule has 172 valence electrons. The lowest BCUT2D eigenvalue weighted by Crippen LogP contribution is -2.48. The molecule has 1 amide bonds. The van der Waals surface area contributed by atoms with Gasteiger partial charge >= 0.3 is 0 Å². The summed E-state index contributed by atoms with van der Waals surface area (Å²) in [7, 11) is -3.93. The van der Waals surface area contributed by atoms with E-state index in [4.69, 9.17) is 11.6 Å². The van der Waals surface area contributed by atoms with Gasteiger partial charge in [0.05, 0.1) is 21.2 Å². The maximum atomic E-state index is 14.7. The number of nitrogens with one attached hydrogen (secondary N) is 1. The first-order valence-corrected chi connectivity index (χ1v) is 11.9. The molecule has 0 aliphatic carbocycles. The molecule has 1 fully saturated rings. The predicted molar refractivity (Wildman–Crippen MR) is 123 cm³/mol. The summed E-state index contributed by atoms with van der Waals surface area (Å²) < 4.78 is 55.1. The molecule has 0 atom stereocenters. The predicted octanol–water partition coefficient (Wildman–Crippen LogP) is 4.38. The van der Waals surface area contributed by atoms with Gasteiger partial charge in [-0.25, -0.2) is 17.2 Å². The fourth-order valence-corrected chi connectivity index (χ4v) is 5.24. The summed E-state index contributed by atoms with van der Waals surface area (Å²) in [4.78, 5) is 14.1. The first-order valence-electron chi connectivity index (χ1n) is 10.1. The van der Waals surface area contributed by atoms with Crippen molar-refractivity contribution < 1.29 is 22.0 Å². The summed E-state index contributed by atoms with van der Waals surface area (Å²) in [6.45, 7) is 1.23. The van der Waals surface area contributed by atoms with E-state index in [0.717, 1.165) is 11.8 Å². The highest BCUT2D eigenvalue weighted by atomic mass is 35.5. The third-order valence-corrected chi connectivity index (χ3v) is 7.60. The van der Waals surface area contributed by atoms with Gasteiger partial charge in [-0.15, -0.1) is 0 Å². The van der Waals surface area contributed by atoms with Crippen molar-refractivity contribution in [2.24, 2.45) is 0 Å². The van der Waals surface area contributed by atoms with Gasteiger partial charge in [0.1, 0.15) is 11.6 Å². The minimum absolute atomic E-state index is 0.153. The first kappa shape index (κ1) is 23.2. The van der Waals surface area contributed by atoms with Crippen molar-refractivity contribution >= 4 is 38.9 Å². The fraction of sp³-hybridized carbons (Fsp3) is 0.174. The summed E-state index contributed by atoms with van der Waals surface area (Å²) >= 11 is 5.99. The Bertz CT molecular complexity index is 1280. The van der Waals surface area contributed by atoms with Crippen molar-refractivity contribution in [3.05, 3.63) is 89.0 Å². The van der Waals surface area contributed by atoms with Crippen molar-refractivity contribution in [1.82, 2.24) is 4.31 Å². The van der Waals surface area contributed by atoms with Crippen LogP contribution in [0.5, 0.6) is 0 Å². The van der Waals surface area contributed by atoms with Crippen molar-refractivity contribution in [2.45, 2.75) is 4.90 Å². The number of sulfonamides is 1. The van der Waals surface area contributed by atoms with Crippen LogP contribution in [0.15, 0.2) is 71.6 Å².